The maximum atomic E-state index is 10.9. The van der Waals surface area contributed by atoms with E-state index in [1.54, 1.807) is 10.9 Å². The van der Waals surface area contributed by atoms with Crippen LogP contribution in [0.25, 0.3) is 0 Å². The van der Waals surface area contributed by atoms with Crippen molar-refractivity contribution in [3.8, 4) is 0 Å². The van der Waals surface area contributed by atoms with Crippen LogP contribution >= 0.6 is 11.3 Å². The smallest absolute Gasteiger partial charge is 0.223 e. The van der Waals surface area contributed by atoms with Gasteiger partial charge in [-0.25, -0.2) is 9.67 Å². The molecule has 0 saturated heterocycles. The van der Waals surface area contributed by atoms with Gasteiger partial charge in [0.05, 0.1) is 24.1 Å². The molecule has 2 rings (SSSR count). The van der Waals surface area contributed by atoms with Gasteiger partial charge in [-0.15, -0.1) is 16.4 Å². The Hall–Kier alpha value is -1.80. The van der Waals surface area contributed by atoms with Gasteiger partial charge in [-0.3, -0.25) is 4.79 Å². The zero-order valence-electron chi connectivity index (χ0n) is 10.1. The van der Waals surface area contributed by atoms with Gasteiger partial charge in [0.15, 0.2) is 5.13 Å². The summed E-state index contributed by atoms with van der Waals surface area (Å²) in [5, 5.41) is 13.0. The van der Waals surface area contributed by atoms with Crippen LogP contribution in [0.2, 0.25) is 0 Å². The van der Waals surface area contributed by atoms with Crippen molar-refractivity contribution in [2.75, 3.05) is 5.32 Å². The van der Waals surface area contributed by atoms with Crippen LogP contribution in [0, 0.1) is 0 Å². The number of nitrogens with zero attached hydrogens (tertiary/aromatic N) is 4. The summed E-state index contributed by atoms with van der Waals surface area (Å²) in [6.07, 6.45) is 1.79. The summed E-state index contributed by atoms with van der Waals surface area (Å²) in [7, 11) is 0. The third-order valence-electron chi connectivity index (χ3n) is 2.18. The highest BCUT2D eigenvalue weighted by atomic mass is 32.1. The Bertz CT molecular complexity index is 546. The van der Waals surface area contributed by atoms with Gasteiger partial charge < -0.3 is 11.1 Å². The quantitative estimate of drug-likeness (QED) is 0.851. The van der Waals surface area contributed by atoms with Crippen molar-refractivity contribution in [2.24, 2.45) is 5.73 Å². The van der Waals surface area contributed by atoms with Crippen LogP contribution in [0.15, 0.2) is 11.6 Å². The molecule has 0 saturated carbocycles. The van der Waals surface area contributed by atoms with Gasteiger partial charge in [0.25, 0.3) is 0 Å². The zero-order valence-corrected chi connectivity index (χ0v) is 10.9. The van der Waals surface area contributed by atoms with Gasteiger partial charge in [-0.2, -0.15) is 0 Å². The topological polar surface area (TPSA) is 98.7 Å². The highest BCUT2D eigenvalue weighted by Gasteiger charge is 2.08. The summed E-state index contributed by atoms with van der Waals surface area (Å²) in [5.74, 6) is -0.129. The van der Waals surface area contributed by atoms with E-state index in [9.17, 15) is 4.79 Å². The van der Waals surface area contributed by atoms with Crippen molar-refractivity contribution in [3.05, 3.63) is 23.0 Å². The predicted octanol–water partition coefficient (Wildman–Crippen LogP) is 0.761. The van der Waals surface area contributed by atoms with Gasteiger partial charge in [0.2, 0.25) is 5.91 Å². The number of carbonyl (C=O) groups excluding carboxylic acids is 1. The SMILES string of the molecule is CC(=O)Nc1nc(Cn2cc(C(C)N)nn2)cs1. The van der Waals surface area contributed by atoms with E-state index in [2.05, 4.69) is 20.6 Å². The summed E-state index contributed by atoms with van der Waals surface area (Å²) in [6.45, 7) is 3.81. The fraction of sp³-hybridized carbons (Fsp3) is 0.400. The monoisotopic (exact) mass is 266 g/mol. The van der Waals surface area contributed by atoms with Crippen LogP contribution in [0.1, 0.15) is 31.3 Å². The van der Waals surface area contributed by atoms with Crippen LogP contribution in [0.5, 0.6) is 0 Å². The Labute approximate surface area is 108 Å². The molecule has 3 N–H and O–H groups in total. The van der Waals surface area contributed by atoms with Gasteiger partial charge >= 0.3 is 0 Å². The highest BCUT2D eigenvalue weighted by molar-refractivity contribution is 7.13. The number of thiazole rings is 1. The molecule has 2 aromatic rings. The Balaban J connectivity index is 2.04. The summed E-state index contributed by atoms with van der Waals surface area (Å²) < 4.78 is 1.67. The average molecular weight is 266 g/mol. The molecule has 1 amide bonds. The molecule has 7 nitrogen and oxygen atoms in total. The van der Waals surface area contributed by atoms with Crippen LogP contribution in [0.3, 0.4) is 0 Å². The van der Waals surface area contributed by atoms with Crippen molar-refractivity contribution >= 4 is 22.4 Å². The minimum atomic E-state index is -0.135. The summed E-state index contributed by atoms with van der Waals surface area (Å²) in [5.41, 5.74) is 7.27. The number of anilines is 1. The predicted molar refractivity (Wildman–Crippen MR) is 68.1 cm³/mol. The molecule has 0 aliphatic carbocycles. The maximum absolute atomic E-state index is 10.9. The van der Waals surface area contributed by atoms with Gasteiger partial charge in [0, 0.05) is 18.3 Å². The third-order valence-corrected chi connectivity index (χ3v) is 2.99. The molecule has 0 radical (unpaired) electrons. The van der Waals surface area contributed by atoms with Crippen molar-refractivity contribution in [1.29, 1.82) is 0 Å². The summed E-state index contributed by atoms with van der Waals surface area (Å²) >= 11 is 1.38. The normalized spacial score (nSPS) is 12.4. The van der Waals surface area contributed by atoms with E-state index in [1.807, 2.05) is 12.3 Å². The number of hydrogen-bond donors (Lipinski definition) is 2. The second kappa shape index (κ2) is 5.23. The molecule has 18 heavy (non-hydrogen) atoms. The molecule has 1 atom stereocenters. The van der Waals surface area contributed by atoms with Crippen LogP contribution in [0.4, 0.5) is 5.13 Å². The first-order valence-corrected chi connectivity index (χ1v) is 6.30. The minimum absolute atomic E-state index is 0.129. The lowest BCUT2D eigenvalue weighted by atomic mass is 10.3. The molecule has 1 unspecified atom stereocenters. The number of nitrogens with two attached hydrogens (primary N) is 1. The first-order valence-electron chi connectivity index (χ1n) is 5.42. The zero-order chi connectivity index (χ0) is 13.1. The fourth-order valence-electron chi connectivity index (χ4n) is 1.35. The molecule has 96 valence electrons. The Morgan fingerprint density at radius 1 is 1.67 bits per heavy atom. The lowest BCUT2D eigenvalue weighted by molar-refractivity contribution is -0.114. The largest absolute Gasteiger partial charge is 0.323 e. The van der Waals surface area contributed by atoms with E-state index in [1.165, 1.54) is 18.3 Å². The van der Waals surface area contributed by atoms with E-state index in [4.69, 9.17) is 5.73 Å². The lowest BCUT2D eigenvalue weighted by Gasteiger charge is -1.97. The minimum Gasteiger partial charge on any atom is -0.323 e. The molecule has 2 heterocycles. The third kappa shape index (κ3) is 3.11. The molecule has 0 aliphatic heterocycles. The highest BCUT2D eigenvalue weighted by Crippen LogP contribution is 2.16. The fourth-order valence-corrected chi connectivity index (χ4v) is 2.10. The molecular formula is C10H14N6OS. The summed E-state index contributed by atoms with van der Waals surface area (Å²) in [6, 6.07) is -0.135. The molecule has 8 heteroatoms. The van der Waals surface area contributed by atoms with E-state index >= 15 is 0 Å². The van der Waals surface area contributed by atoms with Gasteiger partial charge in [-0.1, -0.05) is 5.21 Å². The van der Waals surface area contributed by atoms with E-state index in [-0.39, 0.29) is 11.9 Å². The van der Waals surface area contributed by atoms with Crippen LogP contribution in [-0.4, -0.2) is 25.9 Å². The molecule has 0 bridgehead atoms. The second-order valence-corrected chi connectivity index (χ2v) is 4.81. The molecule has 0 fully saturated rings. The number of nitrogens with one attached hydrogen (secondary N) is 1. The Morgan fingerprint density at radius 3 is 3.06 bits per heavy atom. The average Bonchev–Trinajstić information content (AvgIpc) is 2.88. The standard InChI is InChI=1S/C10H14N6OS/c1-6(11)9-4-16(15-14-9)3-8-5-18-10(13-8)12-7(2)17/h4-6H,3,11H2,1-2H3,(H,12,13,17). The number of rotatable bonds is 4. The lowest BCUT2D eigenvalue weighted by Crippen LogP contribution is -2.06. The molecular weight excluding hydrogens is 252 g/mol. The Morgan fingerprint density at radius 2 is 2.44 bits per heavy atom. The molecule has 0 aromatic carbocycles. The van der Waals surface area contributed by atoms with Crippen molar-refractivity contribution < 1.29 is 4.79 Å². The number of hydrogen-bond acceptors (Lipinski definition) is 6. The van der Waals surface area contributed by atoms with E-state index in [0.29, 0.717) is 11.7 Å². The van der Waals surface area contributed by atoms with Gasteiger partial charge in [-0.05, 0) is 6.92 Å². The Kier molecular flexibility index (Phi) is 3.68. The van der Waals surface area contributed by atoms with Crippen molar-refractivity contribution in [1.82, 2.24) is 20.0 Å². The van der Waals surface area contributed by atoms with Crippen molar-refractivity contribution in [2.45, 2.75) is 26.4 Å². The molecule has 0 aliphatic rings. The summed E-state index contributed by atoms with van der Waals surface area (Å²) in [4.78, 5) is 15.1. The number of aromatic nitrogens is 4. The van der Waals surface area contributed by atoms with Crippen LogP contribution in [-0.2, 0) is 11.3 Å². The first-order chi connectivity index (χ1) is 8.54. The van der Waals surface area contributed by atoms with E-state index < -0.39 is 0 Å². The molecule has 2 aromatic heterocycles. The number of carbonyl (C=O) groups is 1. The maximum Gasteiger partial charge on any atom is 0.223 e. The second-order valence-electron chi connectivity index (χ2n) is 3.95. The van der Waals surface area contributed by atoms with Gasteiger partial charge in [0.1, 0.15) is 0 Å². The number of amides is 1. The van der Waals surface area contributed by atoms with Crippen molar-refractivity contribution in [3.63, 3.8) is 0 Å². The van der Waals surface area contributed by atoms with Crippen LogP contribution < -0.4 is 11.1 Å². The van der Waals surface area contributed by atoms with E-state index in [0.717, 1.165) is 11.4 Å². The molecule has 0 spiro atoms. The first kappa shape index (κ1) is 12.7.